The van der Waals surface area contributed by atoms with Gasteiger partial charge in [0.1, 0.15) is 5.78 Å². The fourth-order valence-corrected chi connectivity index (χ4v) is 9.13. The highest BCUT2D eigenvalue weighted by atomic mass is 16.3. The zero-order valence-electron chi connectivity index (χ0n) is 24.1. The molecule has 4 aliphatic carbocycles. The van der Waals surface area contributed by atoms with Crippen LogP contribution in [0.2, 0.25) is 0 Å². The number of aliphatic hydroxyl groups excluding tert-OH is 4. The predicted molar refractivity (Wildman–Crippen MR) is 128 cm³/mol. The summed E-state index contributed by atoms with van der Waals surface area (Å²) >= 11 is 0. The predicted octanol–water partition coefficient (Wildman–Crippen LogP) is 3.81. The molecule has 0 aromatic carbocycles. The zero-order valence-corrected chi connectivity index (χ0v) is 21.1. The zero-order chi connectivity index (χ0) is 27.0. The molecule has 4 fully saturated rings. The summed E-state index contributed by atoms with van der Waals surface area (Å²) in [6.07, 6.45) is 1.50. The molecule has 0 spiro atoms. The number of hydrogen-bond acceptors (Lipinski definition) is 5. The summed E-state index contributed by atoms with van der Waals surface area (Å²) in [5, 5.41) is 43.0. The van der Waals surface area contributed by atoms with Crippen LogP contribution in [-0.2, 0) is 4.79 Å². The van der Waals surface area contributed by atoms with Gasteiger partial charge in [-0.2, -0.15) is 0 Å². The molecule has 0 radical (unpaired) electrons. The molecule has 0 heterocycles. The molecule has 33 heavy (non-hydrogen) atoms. The van der Waals surface area contributed by atoms with Gasteiger partial charge >= 0.3 is 0 Å². The van der Waals surface area contributed by atoms with Crippen LogP contribution in [0.4, 0.5) is 0 Å². The van der Waals surface area contributed by atoms with Crippen molar-refractivity contribution < 1.29 is 29.3 Å². The van der Waals surface area contributed by atoms with E-state index < -0.39 is 43.1 Å². The number of aliphatic hydroxyl groups is 4. The standard InChI is InChI=1S/C28H48O5/c1-14(2)15(3)25(32)26(33)16(4)18-7-8-19-17-11-22(29)21-12-23(30)24(31)13-28(21,6)20(17)9-10-27(18,19)5/h14-21,23-26,30-33H,7-13H2,1-6H3/t15-,16-,17-,18+,19-,20-,21+,23+,24+,25+,26+,27+,28+/m0/s1/i1D3/t14?,15-,16-,17-,18+,19-,20-,21+,23+,24+,25+,26+,27+,28+. The van der Waals surface area contributed by atoms with Crippen LogP contribution in [0.25, 0.3) is 0 Å². The van der Waals surface area contributed by atoms with Crippen LogP contribution in [0.1, 0.15) is 90.5 Å². The monoisotopic (exact) mass is 467 g/mol. The van der Waals surface area contributed by atoms with Crippen molar-refractivity contribution >= 4 is 5.78 Å². The van der Waals surface area contributed by atoms with E-state index >= 15 is 0 Å². The fourth-order valence-electron chi connectivity index (χ4n) is 9.13. The second-order valence-corrected chi connectivity index (χ2v) is 12.9. The van der Waals surface area contributed by atoms with Crippen LogP contribution < -0.4 is 0 Å². The molecular weight excluding hydrogens is 416 g/mol. The van der Waals surface area contributed by atoms with E-state index in [0.717, 1.165) is 25.7 Å². The van der Waals surface area contributed by atoms with Gasteiger partial charge in [-0.1, -0.05) is 41.5 Å². The van der Waals surface area contributed by atoms with Crippen molar-refractivity contribution in [1.82, 2.24) is 0 Å². The lowest BCUT2D eigenvalue weighted by Gasteiger charge is -2.61. The van der Waals surface area contributed by atoms with Gasteiger partial charge < -0.3 is 20.4 Å². The molecule has 5 nitrogen and oxygen atoms in total. The molecule has 5 heteroatoms. The largest absolute Gasteiger partial charge is 0.390 e. The van der Waals surface area contributed by atoms with Crippen LogP contribution in [0.15, 0.2) is 0 Å². The molecule has 0 bridgehead atoms. The third kappa shape index (κ3) is 3.93. The van der Waals surface area contributed by atoms with Crippen molar-refractivity contribution in [2.45, 2.75) is 111 Å². The van der Waals surface area contributed by atoms with Crippen LogP contribution in [0, 0.1) is 58.2 Å². The van der Waals surface area contributed by atoms with Crippen LogP contribution >= 0.6 is 0 Å². The van der Waals surface area contributed by atoms with E-state index in [0.29, 0.717) is 31.1 Å². The van der Waals surface area contributed by atoms with Crippen molar-refractivity contribution in [2.75, 3.05) is 0 Å². The molecule has 0 saturated heterocycles. The number of rotatable bonds is 5. The Morgan fingerprint density at radius 1 is 0.970 bits per heavy atom. The minimum atomic E-state index is -2.18. The first kappa shape index (κ1) is 21.8. The molecule has 4 aliphatic rings. The van der Waals surface area contributed by atoms with Crippen molar-refractivity contribution in [3.8, 4) is 0 Å². The van der Waals surface area contributed by atoms with E-state index in [1.54, 1.807) is 13.8 Å². The lowest BCUT2D eigenvalue weighted by atomic mass is 9.44. The number of fused-ring (bicyclic) bond motifs is 5. The molecule has 1 unspecified atom stereocenters. The van der Waals surface area contributed by atoms with Gasteiger partial charge in [0.25, 0.3) is 0 Å². The Hall–Kier alpha value is -0.490. The Morgan fingerprint density at radius 2 is 1.64 bits per heavy atom. The summed E-state index contributed by atoms with van der Waals surface area (Å²) in [4.78, 5) is 13.4. The molecule has 4 saturated carbocycles. The molecule has 0 aliphatic heterocycles. The average molecular weight is 468 g/mol. The van der Waals surface area contributed by atoms with E-state index in [1.165, 1.54) is 0 Å². The summed E-state index contributed by atoms with van der Waals surface area (Å²) < 4.78 is 23.2. The van der Waals surface area contributed by atoms with Crippen molar-refractivity contribution in [2.24, 2.45) is 58.2 Å². The van der Waals surface area contributed by atoms with E-state index in [1.807, 2.05) is 6.92 Å². The maximum Gasteiger partial charge on any atom is 0.136 e. The molecule has 0 amide bonds. The average Bonchev–Trinajstić information content (AvgIpc) is 3.15. The summed E-state index contributed by atoms with van der Waals surface area (Å²) in [7, 11) is 0. The van der Waals surface area contributed by atoms with E-state index in [9.17, 15) is 25.2 Å². The quantitative estimate of drug-likeness (QED) is 0.493. The maximum atomic E-state index is 13.4. The van der Waals surface area contributed by atoms with Crippen LogP contribution in [0.3, 0.4) is 0 Å². The molecule has 190 valence electrons. The van der Waals surface area contributed by atoms with Gasteiger partial charge in [-0.3, -0.25) is 4.79 Å². The number of ketones is 1. The molecule has 0 aromatic heterocycles. The second kappa shape index (κ2) is 8.87. The van der Waals surface area contributed by atoms with E-state index in [-0.39, 0.29) is 40.3 Å². The Kier molecular flexibility index (Phi) is 5.85. The molecule has 4 N–H and O–H groups in total. The van der Waals surface area contributed by atoms with E-state index in [2.05, 4.69) is 13.8 Å². The van der Waals surface area contributed by atoms with E-state index in [4.69, 9.17) is 4.11 Å². The highest BCUT2D eigenvalue weighted by Gasteiger charge is 2.63. The van der Waals surface area contributed by atoms with Gasteiger partial charge in [-0.05, 0) is 90.8 Å². The van der Waals surface area contributed by atoms with Crippen molar-refractivity contribution in [1.29, 1.82) is 0 Å². The highest BCUT2D eigenvalue weighted by molar-refractivity contribution is 5.83. The van der Waals surface area contributed by atoms with Gasteiger partial charge in [0.15, 0.2) is 0 Å². The number of hydrogen-bond donors (Lipinski definition) is 4. The lowest BCUT2D eigenvalue weighted by molar-refractivity contribution is -0.175. The first-order chi connectivity index (χ1) is 16.5. The molecular formula is C28H48O5. The third-order valence-corrected chi connectivity index (χ3v) is 11.4. The van der Waals surface area contributed by atoms with Crippen LogP contribution in [-0.4, -0.2) is 50.6 Å². The SMILES string of the molecule is [2H]C([2H])([2H])C(C)[C@H](C)[C@@H](O)[C@H](O)[C@@H](C)[C@H]1CC[C@H]2[C@@H]3CC(=O)[C@H]4C[C@@H](O)[C@H](O)C[C@]4(C)[C@H]3CC[C@]12C. The lowest BCUT2D eigenvalue weighted by Crippen LogP contribution is -2.59. The number of Topliss-reactive ketones (excluding diaryl/α,β-unsaturated/α-hetero) is 1. The number of carbonyl (C=O) groups excluding carboxylic acids is 1. The molecule has 14 atom stereocenters. The first-order valence-corrected chi connectivity index (χ1v) is 13.3. The normalized spacial score (nSPS) is 51.6. The van der Waals surface area contributed by atoms with Gasteiger partial charge in [-0.15, -0.1) is 0 Å². The molecule has 0 aromatic rings. The van der Waals surface area contributed by atoms with Gasteiger partial charge in [0, 0.05) is 16.5 Å². The van der Waals surface area contributed by atoms with Gasteiger partial charge in [0.2, 0.25) is 0 Å². The Balaban J connectivity index is 1.53. The van der Waals surface area contributed by atoms with Crippen molar-refractivity contribution in [3.63, 3.8) is 0 Å². The Morgan fingerprint density at radius 3 is 2.30 bits per heavy atom. The summed E-state index contributed by atoms with van der Waals surface area (Å²) in [6, 6.07) is 0. The number of carbonyl (C=O) groups is 1. The van der Waals surface area contributed by atoms with Gasteiger partial charge in [-0.25, -0.2) is 0 Å². The van der Waals surface area contributed by atoms with Crippen LogP contribution in [0.5, 0.6) is 0 Å². The highest BCUT2D eigenvalue weighted by Crippen LogP contribution is 2.67. The smallest absolute Gasteiger partial charge is 0.136 e. The molecule has 4 rings (SSSR count). The fraction of sp³-hybridized carbons (Fsp3) is 0.964. The summed E-state index contributed by atoms with van der Waals surface area (Å²) in [5.74, 6) is -0.310. The topological polar surface area (TPSA) is 98.0 Å². The first-order valence-electron chi connectivity index (χ1n) is 14.8. The Bertz CT molecular complexity index is 834. The Labute approximate surface area is 204 Å². The summed E-state index contributed by atoms with van der Waals surface area (Å²) in [6.45, 7) is 7.59. The van der Waals surface area contributed by atoms with Crippen molar-refractivity contribution in [3.05, 3.63) is 0 Å². The maximum absolute atomic E-state index is 13.4. The minimum absolute atomic E-state index is 0.0591. The van der Waals surface area contributed by atoms with Gasteiger partial charge in [0.05, 0.1) is 24.4 Å². The third-order valence-electron chi connectivity index (χ3n) is 11.4. The minimum Gasteiger partial charge on any atom is -0.390 e. The second-order valence-electron chi connectivity index (χ2n) is 12.9. The summed E-state index contributed by atoms with van der Waals surface area (Å²) in [5.41, 5.74) is -0.351.